The van der Waals surface area contributed by atoms with E-state index in [2.05, 4.69) is 5.32 Å². The van der Waals surface area contributed by atoms with E-state index in [1.165, 1.54) is 0 Å². The van der Waals surface area contributed by atoms with Gasteiger partial charge < -0.3 is 5.32 Å². The lowest BCUT2D eigenvalue weighted by atomic mass is 10.1. The van der Waals surface area contributed by atoms with Gasteiger partial charge in [0.1, 0.15) is 0 Å². The van der Waals surface area contributed by atoms with Crippen LogP contribution in [0.25, 0.3) is 0 Å². The maximum Gasteiger partial charge on any atom is 0.151 e. The molecule has 0 saturated heterocycles. The van der Waals surface area contributed by atoms with Gasteiger partial charge in [0, 0.05) is 23.9 Å². The topological polar surface area (TPSA) is 46.2 Å². The van der Waals surface area contributed by atoms with Crippen LogP contribution in [0.1, 0.15) is 18.1 Å². The van der Waals surface area contributed by atoms with E-state index in [-0.39, 0.29) is 11.5 Å². The van der Waals surface area contributed by atoms with Gasteiger partial charge in [-0.3, -0.25) is 0 Å². The lowest BCUT2D eigenvalue weighted by molar-refractivity contribution is 0.592. The Morgan fingerprint density at radius 1 is 1.35 bits per heavy atom. The van der Waals surface area contributed by atoms with Crippen LogP contribution in [0.4, 0.5) is 0 Å². The minimum absolute atomic E-state index is 0.184. The molecule has 0 heterocycles. The molecule has 0 atom stereocenters. The van der Waals surface area contributed by atoms with Gasteiger partial charge in [0.2, 0.25) is 0 Å². The van der Waals surface area contributed by atoms with E-state index in [9.17, 15) is 8.42 Å². The summed E-state index contributed by atoms with van der Waals surface area (Å²) in [7, 11) is -2.88. The van der Waals surface area contributed by atoms with Gasteiger partial charge in [-0.1, -0.05) is 30.7 Å². The smallest absolute Gasteiger partial charge is 0.151 e. The van der Waals surface area contributed by atoms with E-state index in [1.54, 1.807) is 6.92 Å². The van der Waals surface area contributed by atoms with Gasteiger partial charge in [-0.05, 0) is 24.1 Å². The van der Waals surface area contributed by atoms with E-state index in [4.69, 9.17) is 11.6 Å². The summed E-state index contributed by atoms with van der Waals surface area (Å²) >= 11 is 6.00. The van der Waals surface area contributed by atoms with Crippen LogP contribution in [0.2, 0.25) is 5.02 Å². The highest BCUT2D eigenvalue weighted by atomic mass is 35.5. The Morgan fingerprint density at radius 3 is 2.65 bits per heavy atom. The van der Waals surface area contributed by atoms with Crippen molar-refractivity contribution in [2.75, 3.05) is 18.1 Å². The molecule has 0 aromatic heterocycles. The Hall–Kier alpha value is -0.580. The van der Waals surface area contributed by atoms with Crippen molar-refractivity contribution in [3.63, 3.8) is 0 Å². The van der Waals surface area contributed by atoms with Crippen molar-refractivity contribution in [1.29, 1.82) is 0 Å². The second kappa shape index (κ2) is 6.38. The molecule has 5 heteroatoms. The van der Waals surface area contributed by atoms with Crippen LogP contribution in [-0.2, 0) is 16.4 Å². The van der Waals surface area contributed by atoms with Gasteiger partial charge in [0.25, 0.3) is 0 Å². The van der Waals surface area contributed by atoms with Crippen LogP contribution in [-0.4, -0.2) is 26.5 Å². The molecule has 0 aliphatic heterocycles. The van der Waals surface area contributed by atoms with Crippen LogP contribution in [0.15, 0.2) is 18.2 Å². The van der Waals surface area contributed by atoms with Crippen molar-refractivity contribution in [3.05, 3.63) is 34.3 Å². The number of sulfone groups is 1. The molecule has 0 radical (unpaired) electrons. The number of hydrogen-bond acceptors (Lipinski definition) is 3. The third-order valence-corrected chi connectivity index (χ3v) is 4.71. The van der Waals surface area contributed by atoms with Crippen molar-refractivity contribution in [2.24, 2.45) is 0 Å². The first-order valence-electron chi connectivity index (χ1n) is 5.61. The summed E-state index contributed by atoms with van der Waals surface area (Å²) in [6.07, 6.45) is 0. The van der Waals surface area contributed by atoms with Crippen LogP contribution in [0.5, 0.6) is 0 Å². The molecule has 0 amide bonds. The minimum Gasteiger partial charge on any atom is -0.312 e. The van der Waals surface area contributed by atoms with Crippen LogP contribution in [0, 0.1) is 6.92 Å². The fourth-order valence-corrected chi connectivity index (χ4v) is 2.30. The molecule has 1 aromatic carbocycles. The lowest BCUT2D eigenvalue weighted by Crippen LogP contribution is -2.23. The quantitative estimate of drug-likeness (QED) is 0.810. The largest absolute Gasteiger partial charge is 0.312 e. The minimum atomic E-state index is -2.88. The first kappa shape index (κ1) is 14.5. The molecular formula is C12H18ClNO2S. The van der Waals surface area contributed by atoms with Crippen molar-refractivity contribution in [3.8, 4) is 0 Å². The highest BCUT2D eigenvalue weighted by Gasteiger charge is 2.06. The van der Waals surface area contributed by atoms with Crippen molar-refractivity contribution in [2.45, 2.75) is 20.4 Å². The maximum absolute atomic E-state index is 11.2. The Labute approximate surface area is 108 Å². The van der Waals surface area contributed by atoms with Crippen LogP contribution in [0.3, 0.4) is 0 Å². The van der Waals surface area contributed by atoms with Crippen molar-refractivity contribution < 1.29 is 8.42 Å². The molecule has 96 valence electrons. The first-order valence-corrected chi connectivity index (χ1v) is 7.80. The van der Waals surface area contributed by atoms with E-state index < -0.39 is 9.84 Å². The van der Waals surface area contributed by atoms with Gasteiger partial charge in [-0.2, -0.15) is 0 Å². The molecule has 1 aromatic rings. The SMILES string of the molecule is CCS(=O)(=O)CCNCc1ccc(C)c(Cl)c1. The van der Waals surface area contributed by atoms with Crippen LogP contribution >= 0.6 is 11.6 Å². The fourth-order valence-electron chi connectivity index (χ4n) is 1.35. The molecule has 0 fully saturated rings. The summed E-state index contributed by atoms with van der Waals surface area (Å²) in [5, 5.41) is 3.84. The standard InChI is InChI=1S/C12H18ClNO2S/c1-3-17(15,16)7-6-14-9-11-5-4-10(2)12(13)8-11/h4-5,8,14H,3,6-7,9H2,1-2H3. The molecular weight excluding hydrogens is 258 g/mol. The van der Waals surface area contributed by atoms with E-state index in [1.807, 2.05) is 25.1 Å². The average Bonchev–Trinajstić information content (AvgIpc) is 2.29. The number of halogens is 1. The molecule has 0 bridgehead atoms. The van der Waals surface area contributed by atoms with Gasteiger partial charge in [0.05, 0.1) is 5.75 Å². The molecule has 0 aliphatic rings. The number of rotatable bonds is 6. The molecule has 17 heavy (non-hydrogen) atoms. The Balaban J connectivity index is 2.39. The molecule has 3 nitrogen and oxygen atoms in total. The van der Waals surface area contributed by atoms with Gasteiger partial charge >= 0.3 is 0 Å². The predicted molar refractivity (Wildman–Crippen MR) is 72.2 cm³/mol. The Kier molecular flexibility index (Phi) is 5.43. The third-order valence-electron chi connectivity index (χ3n) is 2.60. The number of nitrogens with one attached hydrogen (secondary N) is 1. The average molecular weight is 276 g/mol. The molecule has 1 rings (SSSR count). The molecule has 0 spiro atoms. The second-order valence-corrected chi connectivity index (χ2v) is 6.88. The molecule has 0 saturated carbocycles. The highest BCUT2D eigenvalue weighted by molar-refractivity contribution is 7.91. The zero-order valence-corrected chi connectivity index (χ0v) is 11.7. The monoisotopic (exact) mass is 275 g/mol. The van der Waals surface area contributed by atoms with E-state index in [0.29, 0.717) is 13.1 Å². The zero-order chi connectivity index (χ0) is 12.9. The summed E-state index contributed by atoms with van der Waals surface area (Å²) < 4.78 is 22.5. The lowest BCUT2D eigenvalue weighted by Gasteiger charge is -2.06. The summed E-state index contributed by atoms with van der Waals surface area (Å²) in [6.45, 7) is 4.73. The summed E-state index contributed by atoms with van der Waals surface area (Å²) in [5.41, 5.74) is 2.11. The van der Waals surface area contributed by atoms with Crippen molar-refractivity contribution in [1.82, 2.24) is 5.32 Å². The van der Waals surface area contributed by atoms with E-state index >= 15 is 0 Å². The van der Waals surface area contributed by atoms with Gasteiger partial charge in [-0.25, -0.2) is 8.42 Å². The van der Waals surface area contributed by atoms with Crippen molar-refractivity contribution >= 4 is 21.4 Å². The molecule has 1 N–H and O–H groups in total. The number of aryl methyl sites for hydroxylation is 1. The highest BCUT2D eigenvalue weighted by Crippen LogP contribution is 2.16. The maximum atomic E-state index is 11.2. The number of hydrogen-bond donors (Lipinski definition) is 1. The predicted octanol–water partition coefficient (Wildman–Crippen LogP) is 2.17. The molecule has 0 unspecified atom stereocenters. The van der Waals surface area contributed by atoms with E-state index in [0.717, 1.165) is 16.1 Å². The van der Waals surface area contributed by atoms with Gasteiger partial charge in [0.15, 0.2) is 9.84 Å². The van der Waals surface area contributed by atoms with Gasteiger partial charge in [-0.15, -0.1) is 0 Å². The normalized spacial score (nSPS) is 11.7. The first-order chi connectivity index (χ1) is 7.94. The zero-order valence-electron chi connectivity index (χ0n) is 10.2. The second-order valence-electron chi connectivity index (χ2n) is 4.00. The molecule has 0 aliphatic carbocycles. The number of benzene rings is 1. The third kappa shape index (κ3) is 5.06. The fraction of sp³-hybridized carbons (Fsp3) is 0.500. The van der Waals surface area contributed by atoms with Crippen LogP contribution < -0.4 is 5.32 Å². The summed E-state index contributed by atoms with van der Waals surface area (Å²) in [4.78, 5) is 0. The summed E-state index contributed by atoms with van der Waals surface area (Å²) in [6, 6.07) is 5.85. The Bertz CT molecular complexity index is 471. The summed E-state index contributed by atoms with van der Waals surface area (Å²) in [5.74, 6) is 0.383. The Morgan fingerprint density at radius 2 is 2.06 bits per heavy atom.